The van der Waals surface area contributed by atoms with Crippen LogP contribution in [0.1, 0.15) is 48.9 Å². The number of hydrogen-bond donors (Lipinski definition) is 1. The lowest BCUT2D eigenvalue weighted by Crippen LogP contribution is -2.47. The Kier molecular flexibility index (Phi) is 4.67. The molecule has 1 heterocycles. The smallest absolute Gasteiger partial charge is 0.254 e. The summed E-state index contributed by atoms with van der Waals surface area (Å²) in [4.78, 5) is 29.5. The van der Waals surface area contributed by atoms with Crippen molar-refractivity contribution >= 4 is 5.91 Å². The third-order valence-electron chi connectivity index (χ3n) is 6.82. The van der Waals surface area contributed by atoms with Crippen molar-refractivity contribution < 1.29 is 9.53 Å². The Bertz CT molecular complexity index is 686. The van der Waals surface area contributed by atoms with Crippen LogP contribution in [0.2, 0.25) is 0 Å². The number of carbonyl (C=O) groups is 1. The van der Waals surface area contributed by atoms with Gasteiger partial charge in [-0.3, -0.25) is 9.59 Å². The molecule has 3 aliphatic rings. The highest BCUT2D eigenvalue weighted by atomic mass is 16.5. The summed E-state index contributed by atoms with van der Waals surface area (Å²) < 4.78 is 5.20. The lowest BCUT2D eigenvalue weighted by molar-refractivity contribution is 0.0493. The van der Waals surface area contributed by atoms with E-state index in [1.807, 2.05) is 0 Å². The first kappa shape index (κ1) is 16.8. The number of methoxy groups -OCH3 is 1. The quantitative estimate of drug-likeness (QED) is 0.807. The van der Waals surface area contributed by atoms with Gasteiger partial charge in [-0.2, -0.15) is 0 Å². The molecule has 0 aliphatic heterocycles. The molecule has 1 N–H and O–H groups in total. The molecule has 5 atom stereocenters. The first-order valence-corrected chi connectivity index (χ1v) is 9.67. The van der Waals surface area contributed by atoms with Gasteiger partial charge in [-0.05, 0) is 61.8 Å². The standard InChI is InChI=1S/C20H28N2O3/c1-25-9-3-8-22(20(24)13-6-7-21-19(23)12-13)18-11-14-10-17(18)16-5-2-4-15(14)16/h6-7,12,14-18H,2-5,8-11H2,1H3,(H,21,23)/t14-,15-,16-,17+,18-/m1/s1. The van der Waals surface area contributed by atoms with Gasteiger partial charge < -0.3 is 14.6 Å². The van der Waals surface area contributed by atoms with Crippen LogP contribution in [0.25, 0.3) is 0 Å². The maximum atomic E-state index is 13.2. The van der Waals surface area contributed by atoms with E-state index in [0.29, 0.717) is 30.7 Å². The van der Waals surface area contributed by atoms with Gasteiger partial charge in [0.15, 0.2) is 0 Å². The van der Waals surface area contributed by atoms with E-state index in [0.717, 1.165) is 30.6 Å². The topological polar surface area (TPSA) is 62.4 Å². The van der Waals surface area contributed by atoms with Gasteiger partial charge in [-0.25, -0.2) is 0 Å². The van der Waals surface area contributed by atoms with Gasteiger partial charge in [0.1, 0.15) is 0 Å². The number of nitrogens with zero attached hydrogens (tertiary/aromatic N) is 1. The van der Waals surface area contributed by atoms with Crippen LogP contribution in [0.5, 0.6) is 0 Å². The molecule has 2 bridgehead atoms. The molecule has 4 rings (SSSR count). The molecule has 0 spiro atoms. The largest absolute Gasteiger partial charge is 0.385 e. The molecule has 0 aromatic carbocycles. The first-order valence-electron chi connectivity index (χ1n) is 9.67. The molecule has 1 aromatic rings. The molecule has 0 unspecified atom stereocenters. The summed E-state index contributed by atoms with van der Waals surface area (Å²) in [7, 11) is 1.70. The number of ether oxygens (including phenoxy) is 1. The third-order valence-corrected chi connectivity index (χ3v) is 6.82. The van der Waals surface area contributed by atoms with Crippen molar-refractivity contribution in [2.45, 2.75) is 44.6 Å². The van der Waals surface area contributed by atoms with Gasteiger partial charge in [0, 0.05) is 44.1 Å². The Hall–Kier alpha value is -1.62. The number of H-pyrrole nitrogens is 1. The average molecular weight is 344 g/mol. The van der Waals surface area contributed by atoms with Crippen LogP contribution < -0.4 is 5.56 Å². The molecule has 0 saturated heterocycles. The highest BCUT2D eigenvalue weighted by Crippen LogP contribution is 2.59. The maximum absolute atomic E-state index is 13.2. The minimum atomic E-state index is -0.216. The average Bonchev–Trinajstić information content (AvgIpc) is 3.31. The van der Waals surface area contributed by atoms with E-state index < -0.39 is 0 Å². The lowest BCUT2D eigenvalue weighted by atomic mass is 9.78. The number of fused-ring (bicyclic) bond motifs is 5. The molecule has 3 saturated carbocycles. The molecule has 1 aromatic heterocycles. The third kappa shape index (κ3) is 3.03. The normalized spacial score (nSPS) is 32.8. The van der Waals surface area contributed by atoms with E-state index in [2.05, 4.69) is 9.88 Å². The molecule has 3 fully saturated rings. The van der Waals surface area contributed by atoms with Crippen LogP contribution >= 0.6 is 0 Å². The monoisotopic (exact) mass is 344 g/mol. The van der Waals surface area contributed by atoms with Gasteiger partial charge in [-0.1, -0.05) is 6.42 Å². The number of aromatic amines is 1. The zero-order valence-electron chi connectivity index (χ0n) is 14.9. The van der Waals surface area contributed by atoms with Crippen LogP contribution in [-0.4, -0.2) is 42.1 Å². The van der Waals surface area contributed by atoms with Gasteiger partial charge >= 0.3 is 0 Å². The summed E-state index contributed by atoms with van der Waals surface area (Å²) in [6, 6.07) is 3.49. The Morgan fingerprint density at radius 1 is 1.28 bits per heavy atom. The molecule has 5 nitrogen and oxygen atoms in total. The lowest BCUT2D eigenvalue weighted by Gasteiger charge is -2.39. The summed E-state index contributed by atoms with van der Waals surface area (Å²) in [6.45, 7) is 1.37. The predicted molar refractivity (Wildman–Crippen MR) is 95.4 cm³/mol. The summed E-state index contributed by atoms with van der Waals surface area (Å²) in [5, 5.41) is 0. The van der Waals surface area contributed by atoms with Crippen LogP contribution in [0.15, 0.2) is 23.1 Å². The van der Waals surface area contributed by atoms with Crippen molar-refractivity contribution in [2.75, 3.05) is 20.3 Å². The van der Waals surface area contributed by atoms with Crippen LogP contribution in [0, 0.1) is 23.7 Å². The van der Waals surface area contributed by atoms with Gasteiger partial charge in [0.2, 0.25) is 5.56 Å². The molecular weight excluding hydrogens is 316 g/mol. The Morgan fingerprint density at radius 3 is 2.92 bits per heavy atom. The van der Waals surface area contributed by atoms with Crippen molar-refractivity contribution in [1.82, 2.24) is 9.88 Å². The summed E-state index contributed by atoms with van der Waals surface area (Å²) in [5.41, 5.74) is 0.290. The number of amides is 1. The number of hydrogen-bond acceptors (Lipinski definition) is 3. The van der Waals surface area contributed by atoms with E-state index in [1.165, 1.54) is 31.7 Å². The number of nitrogens with one attached hydrogen (secondary N) is 1. The molecule has 3 aliphatic carbocycles. The zero-order valence-corrected chi connectivity index (χ0v) is 14.9. The van der Waals surface area contributed by atoms with Crippen LogP contribution in [-0.2, 0) is 4.74 Å². The van der Waals surface area contributed by atoms with Crippen molar-refractivity contribution in [3.05, 3.63) is 34.2 Å². The second kappa shape index (κ2) is 6.94. The van der Waals surface area contributed by atoms with Crippen molar-refractivity contribution in [3.63, 3.8) is 0 Å². The van der Waals surface area contributed by atoms with Gasteiger partial charge in [0.25, 0.3) is 5.91 Å². The molecule has 25 heavy (non-hydrogen) atoms. The summed E-state index contributed by atoms with van der Waals surface area (Å²) in [5.74, 6) is 3.21. The van der Waals surface area contributed by atoms with E-state index in [1.54, 1.807) is 19.4 Å². The fourth-order valence-electron chi connectivity index (χ4n) is 5.93. The van der Waals surface area contributed by atoms with Gasteiger partial charge in [-0.15, -0.1) is 0 Å². The second-order valence-electron chi connectivity index (χ2n) is 8.01. The SMILES string of the molecule is COCCCN(C(=O)c1cc[nH]c(=O)c1)[C@@H]1C[C@H]2C[C@H]1[C@@H]1CCC[C@H]21. The van der Waals surface area contributed by atoms with Crippen molar-refractivity contribution in [2.24, 2.45) is 23.7 Å². The maximum Gasteiger partial charge on any atom is 0.254 e. The van der Waals surface area contributed by atoms with Crippen molar-refractivity contribution in [1.29, 1.82) is 0 Å². The van der Waals surface area contributed by atoms with E-state index in [-0.39, 0.29) is 11.5 Å². The highest BCUT2D eigenvalue weighted by Gasteiger charge is 2.55. The van der Waals surface area contributed by atoms with E-state index in [9.17, 15) is 9.59 Å². The number of aromatic nitrogens is 1. The first-order chi connectivity index (χ1) is 12.2. The van der Waals surface area contributed by atoms with Crippen LogP contribution in [0.4, 0.5) is 0 Å². The fraction of sp³-hybridized carbons (Fsp3) is 0.700. The van der Waals surface area contributed by atoms with Gasteiger partial charge in [0.05, 0.1) is 0 Å². The fourth-order valence-corrected chi connectivity index (χ4v) is 5.93. The minimum Gasteiger partial charge on any atom is -0.385 e. The highest BCUT2D eigenvalue weighted by molar-refractivity contribution is 5.94. The molecule has 136 valence electrons. The predicted octanol–water partition coefficient (Wildman–Crippen LogP) is 2.68. The zero-order chi connectivity index (χ0) is 17.4. The molecule has 1 amide bonds. The molecular formula is C20H28N2O3. The Balaban J connectivity index is 1.56. The number of pyridine rings is 1. The van der Waals surface area contributed by atoms with Crippen LogP contribution in [0.3, 0.4) is 0 Å². The minimum absolute atomic E-state index is 0.00861. The van der Waals surface area contributed by atoms with E-state index in [4.69, 9.17) is 4.74 Å². The summed E-state index contributed by atoms with van der Waals surface area (Å²) >= 11 is 0. The Morgan fingerprint density at radius 2 is 2.12 bits per heavy atom. The van der Waals surface area contributed by atoms with E-state index >= 15 is 0 Å². The Labute approximate surface area is 148 Å². The molecule has 0 radical (unpaired) electrons. The number of carbonyl (C=O) groups excluding carboxylic acids is 1. The number of rotatable bonds is 6. The molecule has 5 heteroatoms. The van der Waals surface area contributed by atoms with Crippen molar-refractivity contribution in [3.8, 4) is 0 Å². The summed E-state index contributed by atoms with van der Waals surface area (Å²) in [6.07, 6.45) is 8.94. The second-order valence-corrected chi connectivity index (χ2v) is 8.01.